The van der Waals surface area contributed by atoms with Crippen molar-refractivity contribution in [3.8, 4) is 5.75 Å². The van der Waals surface area contributed by atoms with Gasteiger partial charge in [0.15, 0.2) is 5.96 Å². The van der Waals surface area contributed by atoms with E-state index in [0.29, 0.717) is 12.6 Å². The monoisotopic (exact) mass is 386 g/mol. The fourth-order valence-corrected chi connectivity index (χ4v) is 3.96. The average molecular weight is 387 g/mol. The lowest BCUT2D eigenvalue weighted by Crippen LogP contribution is -2.45. The first kappa shape index (κ1) is 20.5. The molecule has 1 amide bonds. The highest BCUT2D eigenvalue weighted by molar-refractivity contribution is 5.81. The molecule has 0 radical (unpaired) electrons. The van der Waals surface area contributed by atoms with Crippen LogP contribution in [0, 0.1) is 5.92 Å². The Kier molecular flexibility index (Phi) is 7.18. The molecule has 1 saturated heterocycles. The minimum absolute atomic E-state index is 0.0487. The minimum atomic E-state index is 0.0487. The normalized spacial score (nSPS) is 20.6. The topological polar surface area (TPSA) is 66.0 Å². The summed E-state index contributed by atoms with van der Waals surface area (Å²) in [6.07, 6.45) is 6.12. The molecular weight excluding hydrogens is 352 g/mol. The predicted molar refractivity (Wildman–Crippen MR) is 112 cm³/mol. The van der Waals surface area contributed by atoms with E-state index in [-0.39, 0.29) is 17.9 Å². The number of nitrogens with one attached hydrogen (secondary N) is 2. The van der Waals surface area contributed by atoms with E-state index in [1.807, 2.05) is 30.9 Å². The van der Waals surface area contributed by atoms with Crippen LogP contribution in [0.2, 0.25) is 0 Å². The molecule has 6 heteroatoms. The summed E-state index contributed by atoms with van der Waals surface area (Å²) in [5, 5.41) is 6.86. The Balaban J connectivity index is 1.51. The Bertz CT molecular complexity index is 683. The van der Waals surface area contributed by atoms with Crippen LogP contribution >= 0.6 is 0 Å². The Hall–Kier alpha value is -2.24. The molecule has 2 N–H and O–H groups in total. The van der Waals surface area contributed by atoms with Crippen LogP contribution in [0.4, 0.5) is 0 Å². The van der Waals surface area contributed by atoms with Gasteiger partial charge in [-0.05, 0) is 38.2 Å². The molecule has 1 aromatic rings. The number of ether oxygens (including phenoxy) is 1. The van der Waals surface area contributed by atoms with Gasteiger partial charge in [-0.1, -0.05) is 32.0 Å². The maximum absolute atomic E-state index is 12.2. The van der Waals surface area contributed by atoms with Gasteiger partial charge in [-0.25, -0.2) is 0 Å². The molecule has 3 rings (SSSR count). The lowest BCUT2D eigenvalue weighted by molar-refractivity contribution is -0.133. The lowest BCUT2D eigenvalue weighted by Gasteiger charge is -2.21. The lowest BCUT2D eigenvalue weighted by atomic mass is 10.2. The van der Waals surface area contributed by atoms with Crippen LogP contribution in [0.3, 0.4) is 0 Å². The molecule has 6 nitrogen and oxygen atoms in total. The second-order valence-corrected chi connectivity index (χ2v) is 8.13. The number of rotatable bonds is 6. The van der Waals surface area contributed by atoms with Gasteiger partial charge >= 0.3 is 0 Å². The van der Waals surface area contributed by atoms with E-state index >= 15 is 0 Å². The third-order valence-electron chi connectivity index (χ3n) is 5.57. The fourth-order valence-electron chi connectivity index (χ4n) is 3.96. The van der Waals surface area contributed by atoms with Gasteiger partial charge in [-0.15, -0.1) is 0 Å². The zero-order valence-corrected chi connectivity index (χ0v) is 17.4. The smallest absolute Gasteiger partial charge is 0.225 e. The van der Waals surface area contributed by atoms with E-state index in [1.165, 1.54) is 12.8 Å². The van der Waals surface area contributed by atoms with Crippen molar-refractivity contribution in [2.75, 3.05) is 20.1 Å². The number of likely N-dealkylation sites (tertiary alicyclic amines) is 1. The van der Waals surface area contributed by atoms with E-state index in [0.717, 1.165) is 49.6 Å². The number of carbonyl (C=O) groups excluding carboxylic acids is 1. The van der Waals surface area contributed by atoms with Crippen molar-refractivity contribution in [3.05, 3.63) is 29.8 Å². The maximum atomic E-state index is 12.2. The number of guanidine groups is 1. The van der Waals surface area contributed by atoms with Crippen LogP contribution in [0.25, 0.3) is 0 Å². The highest BCUT2D eigenvalue weighted by atomic mass is 16.5. The van der Waals surface area contributed by atoms with Gasteiger partial charge in [-0.3, -0.25) is 9.79 Å². The third-order valence-corrected chi connectivity index (χ3v) is 5.57. The van der Waals surface area contributed by atoms with E-state index in [4.69, 9.17) is 4.74 Å². The molecule has 2 fully saturated rings. The van der Waals surface area contributed by atoms with Crippen molar-refractivity contribution in [3.63, 3.8) is 0 Å². The molecule has 1 unspecified atom stereocenters. The summed E-state index contributed by atoms with van der Waals surface area (Å²) in [4.78, 5) is 18.5. The quantitative estimate of drug-likeness (QED) is 0.583. The van der Waals surface area contributed by atoms with Crippen LogP contribution < -0.4 is 15.4 Å². The van der Waals surface area contributed by atoms with Crippen LogP contribution in [0.1, 0.15) is 51.5 Å². The van der Waals surface area contributed by atoms with Crippen molar-refractivity contribution < 1.29 is 9.53 Å². The molecular formula is C22H34N4O2. The molecule has 1 heterocycles. The van der Waals surface area contributed by atoms with Crippen molar-refractivity contribution in [2.45, 2.75) is 64.6 Å². The summed E-state index contributed by atoms with van der Waals surface area (Å²) in [7, 11) is 1.78. The molecule has 1 aromatic carbocycles. The second kappa shape index (κ2) is 9.80. The SMILES string of the molecule is CN=C(NCc1ccccc1OC1CCCC1)NC1CCN(C(=O)C(C)C)C1. The first-order valence-electron chi connectivity index (χ1n) is 10.6. The molecule has 1 saturated carbocycles. The second-order valence-electron chi connectivity index (χ2n) is 8.13. The van der Waals surface area contributed by atoms with Crippen LogP contribution in [0.5, 0.6) is 5.75 Å². The minimum Gasteiger partial charge on any atom is -0.490 e. The Morgan fingerprint density at radius 3 is 2.71 bits per heavy atom. The van der Waals surface area contributed by atoms with E-state index < -0.39 is 0 Å². The molecule has 28 heavy (non-hydrogen) atoms. The van der Waals surface area contributed by atoms with Gasteiger partial charge in [0.05, 0.1) is 6.10 Å². The molecule has 0 spiro atoms. The highest BCUT2D eigenvalue weighted by Gasteiger charge is 2.28. The average Bonchev–Trinajstić information content (AvgIpc) is 3.37. The van der Waals surface area contributed by atoms with E-state index in [2.05, 4.69) is 27.8 Å². The number of hydrogen-bond acceptors (Lipinski definition) is 3. The molecule has 2 aliphatic rings. The van der Waals surface area contributed by atoms with Gasteiger partial charge in [0, 0.05) is 44.2 Å². The number of carbonyl (C=O) groups is 1. The van der Waals surface area contributed by atoms with Gasteiger partial charge in [0.1, 0.15) is 5.75 Å². The first-order chi connectivity index (χ1) is 13.6. The Morgan fingerprint density at radius 1 is 1.25 bits per heavy atom. The third kappa shape index (κ3) is 5.40. The Morgan fingerprint density at radius 2 is 2.00 bits per heavy atom. The number of amides is 1. The van der Waals surface area contributed by atoms with Gasteiger partial charge in [0.25, 0.3) is 0 Å². The summed E-state index contributed by atoms with van der Waals surface area (Å²) < 4.78 is 6.22. The molecule has 0 bridgehead atoms. The van der Waals surface area contributed by atoms with Crippen molar-refractivity contribution >= 4 is 11.9 Å². The standard InChI is InChI=1S/C22H34N4O2/c1-16(2)21(27)26-13-12-18(15-26)25-22(23-3)24-14-17-8-4-7-11-20(17)28-19-9-5-6-10-19/h4,7-8,11,16,18-19H,5-6,9-10,12-15H2,1-3H3,(H2,23,24,25). The van der Waals surface area contributed by atoms with Crippen LogP contribution in [-0.2, 0) is 11.3 Å². The van der Waals surface area contributed by atoms with Crippen molar-refractivity contribution in [1.82, 2.24) is 15.5 Å². The summed E-state index contributed by atoms with van der Waals surface area (Å²) in [5.74, 6) is 2.00. The molecule has 1 aliphatic carbocycles. The van der Waals surface area contributed by atoms with E-state index in [1.54, 1.807) is 7.05 Å². The molecule has 1 atom stereocenters. The molecule has 1 aliphatic heterocycles. The number of benzene rings is 1. The van der Waals surface area contributed by atoms with Crippen molar-refractivity contribution in [1.29, 1.82) is 0 Å². The van der Waals surface area contributed by atoms with Crippen molar-refractivity contribution in [2.24, 2.45) is 10.9 Å². The van der Waals surface area contributed by atoms with E-state index in [9.17, 15) is 4.79 Å². The number of hydrogen-bond donors (Lipinski definition) is 2. The van der Waals surface area contributed by atoms with Gasteiger partial charge in [-0.2, -0.15) is 0 Å². The molecule has 154 valence electrons. The zero-order valence-electron chi connectivity index (χ0n) is 17.4. The summed E-state index contributed by atoms with van der Waals surface area (Å²) >= 11 is 0. The van der Waals surface area contributed by atoms with Crippen LogP contribution in [0.15, 0.2) is 29.3 Å². The van der Waals surface area contributed by atoms with Gasteiger partial charge in [0.2, 0.25) is 5.91 Å². The summed E-state index contributed by atoms with van der Waals surface area (Å²) in [6.45, 7) is 6.11. The fraction of sp³-hybridized carbons (Fsp3) is 0.636. The highest BCUT2D eigenvalue weighted by Crippen LogP contribution is 2.26. The predicted octanol–water partition coefficient (Wildman–Crippen LogP) is 2.93. The van der Waals surface area contributed by atoms with Gasteiger partial charge < -0.3 is 20.3 Å². The summed E-state index contributed by atoms with van der Waals surface area (Å²) in [5.41, 5.74) is 1.14. The van der Waals surface area contributed by atoms with Crippen LogP contribution in [-0.4, -0.2) is 49.0 Å². The number of para-hydroxylation sites is 1. The summed E-state index contributed by atoms with van der Waals surface area (Å²) in [6, 6.07) is 8.46. The largest absolute Gasteiger partial charge is 0.490 e. The number of nitrogens with zero attached hydrogens (tertiary/aromatic N) is 2. The Labute approximate surface area is 168 Å². The first-order valence-corrected chi connectivity index (χ1v) is 10.6. The maximum Gasteiger partial charge on any atom is 0.225 e. The zero-order chi connectivity index (χ0) is 19.9. The molecule has 0 aromatic heterocycles. The number of aliphatic imine (C=N–C) groups is 1.